The number of rotatable bonds is 2. The van der Waals surface area contributed by atoms with Gasteiger partial charge in [-0.2, -0.15) is 39.5 Å². The molecule has 2 nitrogen and oxygen atoms in total. The van der Waals surface area contributed by atoms with Crippen LogP contribution < -0.4 is 0 Å². The molecule has 0 aromatic rings. The Morgan fingerprint density at radius 1 is 0.875 bits per heavy atom. The average molecular weight is 372 g/mol. The molecular formula is C13H13F9O2. The minimum atomic E-state index is -5.40. The highest BCUT2D eigenvalue weighted by Gasteiger charge is 2.63. The SMILES string of the molecule is C=C(C)C(=O)OC1C(C(F)(F)F)CC(C(F)(F)F)CC1C(F)(F)F. The number of alkyl halides is 9. The lowest BCUT2D eigenvalue weighted by atomic mass is 9.72. The number of ether oxygens (including phenoxy) is 1. The van der Waals surface area contributed by atoms with Crippen molar-refractivity contribution < 1.29 is 49.0 Å². The zero-order chi connectivity index (χ0) is 19.1. The van der Waals surface area contributed by atoms with Gasteiger partial charge in [0.15, 0.2) is 0 Å². The molecule has 1 aliphatic carbocycles. The summed E-state index contributed by atoms with van der Waals surface area (Å²) in [4.78, 5) is 11.4. The second kappa shape index (κ2) is 6.47. The van der Waals surface area contributed by atoms with E-state index in [-0.39, 0.29) is 0 Å². The standard InChI is InChI=1S/C13H13F9O2/c1-5(2)10(23)24-9-7(12(17,18)19)3-6(11(14,15)16)4-8(9)13(20,21)22/h6-9H,1,3-4H2,2H3. The zero-order valence-electron chi connectivity index (χ0n) is 12.1. The van der Waals surface area contributed by atoms with E-state index < -0.39 is 66.8 Å². The Hall–Kier alpha value is -1.42. The van der Waals surface area contributed by atoms with E-state index in [1.54, 1.807) is 0 Å². The number of carbonyl (C=O) groups is 1. The number of halogens is 9. The van der Waals surface area contributed by atoms with Gasteiger partial charge in [0.2, 0.25) is 0 Å². The second-order valence-electron chi connectivity index (χ2n) is 5.66. The Morgan fingerprint density at radius 3 is 1.50 bits per heavy atom. The van der Waals surface area contributed by atoms with Gasteiger partial charge in [-0.1, -0.05) is 6.58 Å². The van der Waals surface area contributed by atoms with Crippen LogP contribution in [0.25, 0.3) is 0 Å². The fraction of sp³-hybridized carbons (Fsp3) is 0.769. The Kier molecular flexibility index (Phi) is 5.56. The molecule has 0 aliphatic heterocycles. The molecule has 11 heteroatoms. The molecule has 24 heavy (non-hydrogen) atoms. The molecule has 1 saturated carbocycles. The highest BCUT2D eigenvalue weighted by atomic mass is 19.4. The smallest absolute Gasteiger partial charge is 0.395 e. The van der Waals surface area contributed by atoms with Crippen molar-refractivity contribution in [2.24, 2.45) is 17.8 Å². The molecule has 1 rings (SSSR count). The summed E-state index contributed by atoms with van der Waals surface area (Å²) in [7, 11) is 0. The van der Waals surface area contributed by atoms with Crippen molar-refractivity contribution in [3.63, 3.8) is 0 Å². The van der Waals surface area contributed by atoms with Gasteiger partial charge in [-0.15, -0.1) is 0 Å². The first-order valence-electron chi connectivity index (χ1n) is 6.61. The summed E-state index contributed by atoms with van der Waals surface area (Å²) in [5.74, 6) is -10.5. The minimum Gasteiger partial charge on any atom is -0.458 e. The summed E-state index contributed by atoms with van der Waals surface area (Å²) in [6.45, 7) is 4.03. The molecule has 0 bridgehead atoms. The van der Waals surface area contributed by atoms with E-state index in [1.807, 2.05) is 0 Å². The first kappa shape index (κ1) is 20.6. The van der Waals surface area contributed by atoms with Gasteiger partial charge < -0.3 is 4.74 Å². The van der Waals surface area contributed by atoms with Crippen LogP contribution in [0.1, 0.15) is 19.8 Å². The third kappa shape index (κ3) is 4.79. The summed E-state index contributed by atoms with van der Waals surface area (Å²) in [5, 5.41) is 0. The number of esters is 1. The van der Waals surface area contributed by atoms with Gasteiger partial charge >= 0.3 is 24.5 Å². The van der Waals surface area contributed by atoms with Crippen molar-refractivity contribution in [2.45, 2.75) is 44.4 Å². The van der Waals surface area contributed by atoms with Gasteiger partial charge in [-0.25, -0.2) is 4.79 Å². The Balaban J connectivity index is 3.30. The Labute approximate surface area is 130 Å². The van der Waals surface area contributed by atoms with E-state index in [9.17, 15) is 44.3 Å². The topological polar surface area (TPSA) is 26.3 Å². The average Bonchev–Trinajstić information content (AvgIpc) is 2.34. The number of hydrogen-bond acceptors (Lipinski definition) is 2. The fourth-order valence-electron chi connectivity index (χ4n) is 2.55. The van der Waals surface area contributed by atoms with Gasteiger partial charge in [0.1, 0.15) is 6.10 Å². The van der Waals surface area contributed by atoms with E-state index in [0.29, 0.717) is 0 Å². The quantitative estimate of drug-likeness (QED) is 0.395. The first-order valence-corrected chi connectivity index (χ1v) is 6.61. The molecule has 140 valence electrons. The van der Waals surface area contributed by atoms with E-state index in [0.717, 1.165) is 6.92 Å². The lowest BCUT2D eigenvalue weighted by molar-refractivity contribution is -0.291. The normalized spacial score (nSPS) is 29.2. The summed E-state index contributed by atoms with van der Waals surface area (Å²) in [6, 6.07) is 0. The molecule has 0 heterocycles. The Morgan fingerprint density at radius 2 is 1.25 bits per heavy atom. The van der Waals surface area contributed by atoms with Crippen LogP contribution in [0.15, 0.2) is 12.2 Å². The number of hydrogen-bond donors (Lipinski definition) is 0. The second-order valence-corrected chi connectivity index (χ2v) is 5.66. The molecule has 2 unspecified atom stereocenters. The van der Waals surface area contributed by atoms with Gasteiger partial charge in [-0.05, 0) is 19.8 Å². The van der Waals surface area contributed by atoms with Crippen LogP contribution in [-0.4, -0.2) is 30.6 Å². The molecule has 2 atom stereocenters. The van der Waals surface area contributed by atoms with Gasteiger partial charge in [0.25, 0.3) is 0 Å². The predicted octanol–water partition coefficient (Wildman–Crippen LogP) is 4.80. The molecule has 0 radical (unpaired) electrons. The third-order valence-electron chi connectivity index (χ3n) is 3.77. The Bertz CT molecular complexity index is 465. The molecule has 0 spiro atoms. The highest BCUT2D eigenvalue weighted by molar-refractivity contribution is 5.87. The fourth-order valence-corrected chi connectivity index (χ4v) is 2.55. The van der Waals surface area contributed by atoms with Gasteiger partial charge in [0.05, 0.1) is 17.8 Å². The predicted molar refractivity (Wildman–Crippen MR) is 62.6 cm³/mol. The van der Waals surface area contributed by atoms with Crippen LogP contribution in [0.4, 0.5) is 39.5 Å². The van der Waals surface area contributed by atoms with Crippen molar-refractivity contribution in [3.05, 3.63) is 12.2 Å². The van der Waals surface area contributed by atoms with E-state index in [1.165, 1.54) is 0 Å². The number of carbonyl (C=O) groups excluding carboxylic acids is 1. The van der Waals surface area contributed by atoms with E-state index in [4.69, 9.17) is 0 Å². The maximum absolute atomic E-state index is 13.0. The molecule has 0 saturated heterocycles. The third-order valence-corrected chi connectivity index (χ3v) is 3.77. The highest BCUT2D eigenvalue weighted by Crippen LogP contribution is 2.52. The zero-order valence-corrected chi connectivity index (χ0v) is 12.1. The minimum absolute atomic E-state index is 0.463. The van der Waals surface area contributed by atoms with Crippen molar-refractivity contribution in [3.8, 4) is 0 Å². The van der Waals surface area contributed by atoms with Crippen LogP contribution in [0.2, 0.25) is 0 Å². The first-order chi connectivity index (χ1) is 10.5. The molecule has 0 amide bonds. The van der Waals surface area contributed by atoms with Crippen LogP contribution in [0.3, 0.4) is 0 Å². The maximum Gasteiger partial charge on any atom is 0.395 e. The lowest BCUT2D eigenvalue weighted by Gasteiger charge is -2.42. The summed E-state index contributed by atoms with van der Waals surface area (Å²) in [5.41, 5.74) is -0.463. The molecule has 0 aromatic heterocycles. The van der Waals surface area contributed by atoms with Gasteiger partial charge in [-0.3, -0.25) is 0 Å². The lowest BCUT2D eigenvalue weighted by Crippen LogP contribution is -2.53. The van der Waals surface area contributed by atoms with E-state index in [2.05, 4.69) is 11.3 Å². The molecule has 1 fully saturated rings. The van der Waals surface area contributed by atoms with Crippen molar-refractivity contribution in [2.75, 3.05) is 0 Å². The van der Waals surface area contributed by atoms with Crippen LogP contribution in [0.5, 0.6) is 0 Å². The maximum atomic E-state index is 13.0. The summed E-state index contributed by atoms with van der Waals surface area (Å²) in [6.07, 6.45) is -22.1. The monoisotopic (exact) mass is 372 g/mol. The van der Waals surface area contributed by atoms with E-state index >= 15 is 0 Å². The van der Waals surface area contributed by atoms with Gasteiger partial charge in [0, 0.05) is 5.57 Å². The molecule has 1 aliphatic rings. The van der Waals surface area contributed by atoms with Crippen molar-refractivity contribution in [1.29, 1.82) is 0 Å². The summed E-state index contributed by atoms with van der Waals surface area (Å²) >= 11 is 0. The molecule has 0 N–H and O–H groups in total. The van der Waals surface area contributed by atoms with Crippen LogP contribution in [-0.2, 0) is 9.53 Å². The van der Waals surface area contributed by atoms with Crippen molar-refractivity contribution >= 4 is 5.97 Å². The van der Waals surface area contributed by atoms with Crippen LogP contribution in [0, 0.1) is 17.8 Å². The summed E-state index contributed by atoms with van der Waals surface area (Å²) < 4.78 is 121. The molecule has 0 aromatic carbocycles. The largest absolute Gasteiger partial charge is 0.458 e. The van der Waals surface area contributed by atoms with Crippen molar-refractivity contribution in [1.82, 2.24) is 0 Å². The molecular weight excluding hydrogens is 359 g/mol. The van der Waals surface area contributed by atoms with Crippen LogP contribution >= 0.6 is 0 Å².